The van der Waals surface area contributed by atoms with Gasteiger partial charge in [-0.3, -0.25) is 14.5 Å². The van der Waals surface area contributed by atoms with Crippen LogP contribution in [0.15, 0.2) is 26.9 Å². The van der Waals surface area contributed by atoms with Crippen molar-refractivity contribution < 1.29 is 18.7 Å². The zero-order valence-corrected chi connectivity index (χ0v) is 16.5. The third kappa shape index (κ3) is 3.14. The summed E-state index contributed by atoms with van der Waals surface area (Å²) in [5.41, 5.74) is 1.57. The van der Waals surface area contributed by atoms with Gasteiger partial charge in [0.05, 0.1) is 37.2 Å². The molecule has 29 heavy (non-hydrogen) atoms. The molecule has 10 heteroatoms. The molecule has 0 bridgehead atoms. The molecule has 0 unspecified atom stereocenters. The number of fused-ring (bicyclic) bond motifs is 2. The minimum Gasteiger partial charge on any atom is -0.473 e. The highest BCUT2D eigenvalue weighted by molar-refractivity contribution is 7.17. The normalized spacial score (nSPS) is 16.6. The molecule has 0 spiro atoms. The first-order chi connectivity index (χ1) is 14.1. The van der Waals surface area contributed by atoms with E-state index in [0.29, 0.717) is 78.6 Å². The maximum absolute atomic E-state index is 12.6. The number of amides is 1. The summed E-state index contributed by atoms with van der Waals surface area (Å²) in [6, 6.07) is 1.53. The summed E-state index contributed by atoms with van der Waals surface area (Å²) in [6.45, 7) is 4.79. The highest BCUT2D eigenvalue weighted by Crippen LogP contribution is 2.36. The van der Waals surface area contributed by atoms with Gasteiger partial charge < -0.3 is 18.8 Å². The maximum Gasteiger partial charge on any atom is 0.258 e. The molecule has 0 N–H and O–H groups in total. The summed E-state index contributed by atoms with van der Waals surface area (Å²) in [7, 11) is 0. The fourth-order valence-corrected chi connectivity index (χ4v) is 4.37. The highest BCUT2D eigenvalue weighted by Gasteiger charge is 2.26. The van der Waals surface area contributed by atoms with Crippen molar-refractivity contribution in [1.82, 2.24) is 9.97 Å². The maximum atomic E-state index is 12.6. The average Bonchev–Trinajstić information content (AvgIpc) is 3.18. The number of carbonyl (C=O) groups is 1. The number of ether oxygens (including phenoxy) is 2. The zero-order valence-electron chi connectivity index (χ0n) is 15.7. The molecule has 0 aliphatic carbocycles. The van der Waals surface area contributed by atoms with Crippen molar-refractivity contribution in [2.24, 2.45) is 0 Å². The molecule has 3 aromatic heterocycles. The first-order valence-electron chi connectivity index (χ1n) is 9.28. The van der Waals surface area contributed by atoms with Crippen LogP contribution in [0.25, 0.3) is 21.5 Å². The molecule has 1 saturated heterocycles. The minimum absolute atomic E-state index is 0.0939. The SMILES string of the molecule is CC(=O)N1CCOc2ncc(-c3csc4c(=O)cc(N5CCOCC5)oc34)nc21. The lowest BCUT2D eigenvalue weighted by atomic mass is 10.2. The minimum atomic E-state index is -0.127. The Bertz CT molecular complexity index is 1150. The van der Waals surface area contributed by atoms with Gasteiger partial charge in [0.2, 0.25) is 11.3 Å². The van der Waals surface area contributed by atoms with Crippen LogP contribution in [-0.4, -0.2) is 55.3 Å². The van der Waals surface area contributed by atoms with Crippen molar-refractivity contribution >= 4 is 39.2 Å². The fraction of sp³-hybridized carbons (Fsp3) is 0.368. The third-order valence-electron chi connectivity index (χ3n) is 4.94. The number of aromatic nitrogens is 2. The Morgan fingerprint density at radius 3 is 2.83 bits per heavy atom. The number of nitrogens with zero attached hydrogens (tertiary/aromatic N) is 4. The first kappa shape index (κ1) is 18.1. The quantitative estimate of drug-likeness (QED) is 0.627. The molecule has 1 fully saturated rings. The lowest BCUT2D eigenvalue weighted by Gasteiger charge is -2.27. The summed E-state index contributed by atoms with van der Waals surface area (Å²) in [5, 5.41) is 1.83. The van der Waals surface area contributed by atoms with Crippen molar-refractivity contribution in [2.45, 2.75) is 6.92 Å². The van der Waals surface area contributed by atoms with Crippen LogP contribution >= 0.6 is 11.3 Å². The zero-order chi connectivity index (χ0) is 20.0. The van der Waals surface area contributed by atoms with Crippen molar-refractivity contribution in [3.63, 3.8) is 0 Å². The first-order valence-corrected chi connectivity index (χ1v) is 10.2. The lowest BCUT2D eigenvalue weighted by molar-refractivity contribution is -0.116. The number of morpholine rings is 1. The smallest absolute Gasteiger partial charge is 0.258 e. The molecule has 3 aromatic rings. The average molecular weight is 414 g/mol. The Kier molecular flexibility index (Phi) is 4.44. The monoisotopic (exact) mass is 414 g/mol. The molecule has 0 aromatic carbocycles. The van der Waals surface area contributed by atoms with Gasteiger partial charge in [-0.05, 0) is 0 Å². The second-order valence-electron chi connectivity index (χ2n) is 6.76. The van der Waals surface area contributed by atoms with Gasteiger partial charge in [0.15, 0.2) is 17.3 Å². The summed E-state index contributed by atoms with van der Waals surface area (Å²) in [4.78, 5) is 37.1. The molecule has 150 valence electrons. The molecule has 2 aliphatic rings. The summed E-state index contributed by atoms with van der Waals surface area (Å²) >= 11 is 1.31. The van der Waals surface area contributed by atoms with Gasteiger partial charge in [-0.15, -0.1) is 11.3 Å². The molecule has 2 aliphatic heterocycles. The number of carbonyl (C=O) groups excluding carboxylic acids is 1. The predicted molar refractivity (Wildman–Crippen MR) is 108 cm³/mol. The highest BCUT2D eigenvalue weighted by atomic mass is 32.1. The summed E-state index contributed by atoms with van der Waals surface area (Å²) in [5.74, 6) is 1.10. The van der Waals surface area contributed by atoms with Gasteiger partial charge in [0.25, 0.3) is 5.88 Å². The van der Waals surface area contributed by atoms with E-state index in [1.165, 1.54) is 24.3 Å². The van der Waals surface area contributed by atoms with E-state index in [1.54, 1.807) is 11.1 Å². The van der Waals surface area contributed by atoms with Crippen molar-refractivity contribution in [2.75, 3.05) is 49.3 Å². The Morgan fingerprint density at radius 1 is 1.21 bits per heavy atom. The van der Waals surface area contributed by atoms with Crippen LogP contribution in [0.5, 0.6) is 5.88 Å². The van der Waals surface area contributed by atoms with Crippen LogP contribution in [0.4, 0.5) is 11.7 Å². The molecule has 0 saturated carbocycles. The van der Waals surface area contributed by atoms with Crippen molar-refractivity contribution in [1.29, 1.82) is 0 Å². The summed E-state index contributed by atoms with van der Waals surface area (Å²) < 4.78 is 17.6. The lowest BCUT2D eigenvalue weighted by Crippen LogP contribution is -2.37. The van der Waals surface area contributed by atoms with Crippen LogP contribution in [0, 0.1) is 0 Å². The van der Waals surface area contributed by atoms with Gasteiger partial charge in [-0.2, -0.15) is 0 Å². The molecule has 1 amide bonds. The van der Waals surface area contributed by atoms with Gasteiger partial charge in [-0.1, -0.05) is 0 Å². The van der Waals surface area contributed by atoms with Gasteiger partial charge >= 0.3 is 0 Å². The molecule has 5 rings (SSSR count). The number of anilines is 2. The number of hydrogen-bond acceptors (Lipinski definition) is 9. The number of rotatable bonds is 2. The molecular formula is C19H18N4O5S. The van der Waals surface area contributed by atoms with Crippen LogP contribution in [0.1, 0.15) is 6.92 Å². The van der Waals surface area contributed by atoms with E-state index in [-0.39, 0.29) is 11.3 Å². The fourth-order valence-electron chi connectivity index (χ4n) is 3.47. The van der Waals surface area contributed by atoms with Gasteiger partial charge in [0, 0.05) is 31.5 Å². The number of thiophene rings is 1. The second-order valence-corrected chi connectivity index (χ2v) is 7.64. The van der Waals surface area contributed by atoms with Crippen LogP contribution < -0.4 is 20.0 Å². The van der Waals surface area contributed by atoms with E-state index in [2.05, 4.69) is 9.97 Å². The summed E-state index contributed by atoms with van der Waals surface area (Å²) in [6.07, 6.45) is 1.57. The molecule has 0 atom stereocenters. The Labute approximate surface area is 169 Å². The molecule has 0 radical (unpaired) electrons. The van der Waals surface area contributed by atoms with Gasteiger partial charge in [0.1, 0.15) is 11.3 Å². The Balaban J connectivity index is 1.62. The molecule has 9 nitrogen and oxygen atoms in total. The largest absolute Gasteiger partial charge is 0.473 e. The standard InChI is InChI=1S/C19H18N4O5S/c1-11(24)23-4-7-27-19-18(23)21-13(9-20-19)12-10-29-17-14(25)8-15(28-16(12)17)22-2-5-26-6-3-22/h8-10H,2-7H2,1H3. The van der Waals surface area contributed by atoms with Crippen LogP contribution in [0.3, 0.4) is 0 Å². The van der Waals surface area contributed by atoms with Crippen LogP contribution in [0.2, 0.25) is 0 Å². The Hall–Kier alpha value is -2.98. The van der Waals surface area contributed by atoms with E-state index in [4.69, 9.17) is 13.9 Å². The topological polar surface area (TPSA) is 98.0 Å². The van der Waals surface area contributed by atoms with E-state index in [9.17, 15) is 9.59 Å². The van der Waals surface area contributed by atoms with E-state index < -0.39 is 0 Å². The third-order valence-corrected chi connectivity index (χ3v) is 5.92. The number of hydrogen-bond donors (Lipinski definition) is 0. The van der Waals surface area contributed by atoms with Crippen LogP contribution in [-0.2, 0) is 9.53 Å². The Morgan fingerprint density at radius 2 is 2.03 bits per heavy atom. The van der Waals surface area contributed by atoms with E-state index in [1.807, 2.05) is 10.3 Å². The second kappa shape index (κ2) is 7.12. The van der Waals surface area contributed by atoms with Crippen molar-refractivity contribution in [3.05, 3.63) is 27.9 Å². The predicted octanol–water partition coefficient (Wildman–Crippen LogP) is 1.89. The molecular weight excluding hydrogens is 396 g/mol. The molecule has 5 heterocycles. The van der Waals surface area contributed by atoms with Gasteiger partial charge in [-0.25, -0.2) is 9.97 Å². The van der Waals surface area contributed by atoms with Crippen molar-refractivity contribution in [3.8, 4) is 17.1 Å². The van der Waals surface area contributed by atoms with E-state index in [0.717, 1.165) is 0 Å². The van der Waals surface area contributed by atoms with E-state index >= 15 is 0 Å².